The van der Waals surface area contributed by atoms with Gasteiger partial charge in [0.2, 0.25) is 5.78 Å². The molecule has 8 heteroatoms. The maximum Gasteiger partial charge on any atom is 0.314 e. The third-order valence-corrected chi connectivity index (χ3v) is 4.49. The minimum Gasteiger partial charge on any atom is -0.496 e. The number of aromatic nitrogens is 1. The zero-order valence-electron chi connectivity index (χ0n) is 15.8. The van der Waals surface area contributed by atoms with Crippen LogP contribution in [0.2, 0.25) is 0 Å². The van der Waals surface area contributed by atoms with Gasteiger partial charge in [-0.15, -0.1) is 0 Å². The lowest BCUT2D eigenvalue weighted by Gasteiger charge is -2.09. The van der Waals surface area contributed by atoms with Crippen molar-refractivity contribution in [3.05, 3.63) is 75.5 Å². The average molecular weight is 384 g/mol. The molecule has 3 aromatic rings. The smallest absolute Gasteiger partial charge is 0.314 e. The maximum atomic E-state index is 12.7. The zero-order chi connectivity index (χ0) is 20.3. The van der Waals surface area contributed by atoms with Gasteiger partial charge in [0.1, 0.15) is 11.5 Å². The molecule has 0 amide bonds. The highest BCUT2D eigenvalue weighted by Crippen LogP contribution is 2.31. The fourth-order valence-corrected chi connectivity index (χ4v) is 3.00. The molecule has 3 rings (SSSR count). The van der Waals surface area contributed by atoms with Crippen LogP contribution in [0.25, 0.3) is 0 Å². The molecular formula is C20H20N2O6. The van der Waals surface area contributed by atoms with Crippen LogP contribution in [0.1, 0.15) is 27.5 Å². The summed E-state index contributed by atoms with van der Waals surface area (Å²) in [6, 6.07) is 9.69. The van der Waals surface area contributed by atoms with E-state index in [0.29, 0.717) is 17.9 Å². The normalized spacial score (nSPS) is 10.7. The first-order chi connectivity index (χ1) is 13.4. The number of carbonyl (C=O) groups excluding carboxylic acids is 1. The molecule has 2 aromatic heterocycles. The number of ketones is 1. The number of methoxy groups -OCH3 is 1. The fraction of sp³-hybridized carbons (Fsp3) is 0.250. The molecule has 2 heterocycles. The summed E-state index contributed by atoms with van der Waals surface area (Å²) in [5.41, 5.74) is 1.95. The highest BCUT2D eigenvalue weighted by molar-refractivity contribution is 5.98. The van der Waals surface area contributed by atoms with Crippen LogP contribution in [0.4, 0.5) is 5.69 Å². The number of nitro groups is 1. The summed E-state index contributed by atoms with van der Waals surface area (Å²) in [4.78, 5) is 23.3. The summed E-state index contributed by atoms with van der Waals surface area (Å²) in [6.45, 7) is 3.96. The number of benzene rings is 1. The molecular weight excluding hydrogens is 364 g/mol. The number of carbonyl (C=O) groups is 1. The van der Waals surface area contributed by atoms with Crippen LogP contribution >= 0.6 is 0 Å². The number of aryl methyl sites for hydroxylation is 1. The molecule has 146 valence electrons. The van der Waals surface area contributed by atoms with E-state index in [-0.39, 0.29) is 23.8 Å². The first-order valence-corrected chi connectivity index (χ1v) is 8.58. The predicted molar refractivity (Wildman–Crippen MR) is 101 cm³/mol. The summed E-state index contributed by atoms with van der Waals surface area (Å²) < 4.78 is 17.8. The van der Waals surface area contributed by atoms with Crippen molar-refractivity contribution >= 4 is 11.5 Å². The van der Waals surface area contributed by atoms with Gasteiger partial charge in [-0.2, -0.15) is 0 Å². The summed E-state index contributed by atoms with van der Waals surface area (Å²) in [5.74, 6) is 0.880. The fourth-order valence-electron chi connectivity index (χ4n) is 3.00. The van der Waals surface area contributed by atoms with Gasteiger partial charge in [-0.1, -0.05) is 0 Å². The Morgan fingerprint density at radius 3 is 2.68 bits per heavy atom. The second-order valence-electron chi connectivity index (χ2n) is 6.25. The van der Waals surface area contributed by atoms with E-state index < -0.39 is 4.92 Å². The third kappa shape index (κ3) is 3.90. The van der Waals surface area contributed by atoms with Gasteiger partial charge < -0.3 is 18.5 Å². The number of ether oxygens (including phenoxy) is 2. The van der Waals surface area contributed by atoms with E-state index in [1.807, 2.05) is 30.5 Å². The standard InChI is InChI=1S/C20H20N2O6/c1-13-9-17(14(2)21(13)11-16-5-4-8-27-16)19(23)12-28-20-7-6-15(26-3)10-18(20)22(24)25/h4-10H,11-12H2,1-3H3. The van der Waals surface area contributed by atoms with Crippen LogP contribution in [0.3, 0.4) is 0 Å². The Bertz CT molecular complexity index is 1000. The van der Waals surface area contributed by atoms with Crippen LogP contribution < -0.4 is 9.47 Å². The topological polar surface area (TPSA) is 96.7 Å². The highest BCUT2D eigenvalue weighted by atomic mass is 16.6. The van der Waals surface area contributed by atoms with Crippen molar-refractivity contribution in [1.82, 2.24) is 4.57 Å². The van der Waals surface area contributed by atoms with Gasteiger partial charge in [0, 0.05) is 17.0 Å². The van der Waals surface area contributed by atoms with E-state index in [4.69, 9.17) is 13.9 Å². The Morgan fingerprint density at radius 2 is 2.04 bits per heavy atom. The van der Waals surface area contributed by atoms with Crippen LogP contribution in [-0.2, 0) is 6.54 Å². The quantitative estimate of drug-likeness (QED) is 0.332. The number of nitrogens with zero attached hydrogens (tertiary/aromatic N) is 2. The van der Waals surface area contributed by atoms with E-state index >= 15 is 0 Å². The lowest BCUT2D eigenvalue weighted by molar-refractivity contribution is -0.385. The van der Waals surface area contributed by atoms with E-state index in [9.17, 15) is 14.9 Å². The summed E-state index contributed by atoms with van der Waals surface area (Å²) in [7, 11) is 1.42. The van der Waals surface area contributed by atoms with Gasteiger partial charge in [0.05, 0.1) is 30.9 Å². The SMILES string of the molecule is COc1ccc(OCC(=O)c2cc(C)n(Cc3ccco3)c2C)c([N+](=O)[O-])c1. The summed E-state index contributed by atoms with van der Waals surface area (Å²) in [5, 5.41) is 11.2. The van der Waals surface area contributed by atoms with E-state index in [1.54, 1.807) is 18.4 Å². The monoisotopic (exact) mass is 384 g/mol. The molecule has 0 saturated heterocycles. The lowest BCUT2D eigenvalue weighted by Crippen LogP contribution is -2.13. The molecule has 0 atom stereocenters. The van der Waals surface area contributed by atoms with Crippen molar-refractivity contribution < 1.29 is 23.6 Å². The number of hydrogen-bond donors (Lipinski definition) is 0. The first kappa shape index (κ1) is 19.2. The molecule has 0 radical (unpaired) electrons. The van der Waals surface area contributed by atoms with Crippen molar-refractivity contribution in [3.8, 4) is 11.5 Å². The number of furan rings is 1. The van der Waals surface area contributed by atoms with Crippen LogP contribution in [-0.4, -0.2) is 29.0 Å². The number of Topliss-reactive ketones (excluding diaryl/α,β-unsaturated/α-hetero) is 1. The zero-order valence-corrected chi connectivity index (χ0v) is 15.8. The van der Waals surface area contributed by atoms with Gasteiger partial charge in [-0.3, -0.25) is 14.9 Å². The second kappa shape index (κ2) is 7.99. The number of nitro benzene ring substituents is 1. The van der Waals surface area contributed by atoms with Crippen LogP contribution in [0.5, 0.6) is 11.5 Å². The number of rotatable bonds is 8. The molecule has 0 fully saturated rings. The van der Waals surface area contributed by atoms with Crippen molar-refractivity contribution in [2.45, 2.75) is 20.4 Å². The van der Waals surface area contributed by atoms with E-state index in [2.05, 4.69) is 0 Å². The lowest BCUT2D eigenvalue weighted by atomic mass is 10.1. The molecule has 0 N–H and O–H groups in total. The van der Waals surface area contributed by atoms with Gasteiger partial charge in [0.25, 0.3) is 0 Å². The Kier molecular flexibility index (Phi) is 5.49. The predicted octanol–water partition coefficient (Wildman–Crippen LogP) is 3.92. The molecule has 0 aliphatic heterocycles. The van der Waals surface area contributed by atoms with Crippen molar-refractivity contribution in [1.29, 1.82) is 0 Å². The van der Waals surface area contributed by atoms with Gasteiger partial charge >= 0.3 is 5.69 Å². The minimum atomic E-state index is -0.572. The molecule has 0 aliphatic rings. The minimum absolute atomic E-state index is 0.0172. The van der Waals surface area contributed by atoms with Crippen LogP contribution in [0.15, 0.2) is 47.1 Å². The molecule has 0 unspecified atom stereocenters. The molecule has 8 nitrogen and oxygen atoms in total. The van der Waals surface area contributed by atoms with E-state index in [1.165, 1.54) is 19.2 Å². The molecule has 0 spiro atoms. The Labute approximate surface area is 161 Å². The van der Waals surface area contributed by atoms with Gasteiger partial charge in [0.15, 0.2) is 12.4 Å². The molecule has 0 bridgehead atoms. The number of hydrogen-bond acceptors (Lipinski definition) is 6. The van der Waals surface area contributed by atoms with E-state index in [0.717, 1.165) is 17.1 Å². The van der Waals surface area contributed by atoms with Crippen LogP contribution in [0, 0.1) is 24.0 Å². The van der Waals surface area contributed by atoms with Crippen molar-refractivity contribution in [2.75, 3.05) is 13.7 Å². The highest BCUT2D eigenvalue weighted by Gasteiger charge is 2.20. The van der Waals surface area contributed by atoms with Crippen molar-refractivity contribution in [2.24, 2.45) is 0 Å². The summed E-state index contributed by atoms with van der Waals surface area (Å²) in [6.07, 6.45) is 1.60. The van der Waals surface area contributed by atoms with Gasteiger partial charge in [-0.25, -0.2) is 0 Å². The maximum absolute atomic E-state index is 12.7. The Morgan fingerprint density at radius 1 is 1.25 bits per heavy atom. The van der Waals surface area contributed by atoms with Gasteiger partial charge in [-0.05, 0) is 44.2 Å². The van der Waals surface area contributed by atoms with Crippen molar-refractivity contribution in [3.63, 3.8) is 0 Å². The largest absolute Gasteiger partial charge is 0.496 e. The summed E-state index contributed by atoms with van der Waals surface area (Å²) >= 11 is 0. The molecule has 0 aliphatic carbocycles. The molecule has 0 saturated carbocycles. The molecule has 1 aromatic carbocycles. The Hall–Kier alpha value is -3.55. The Balaban J connectivity index is 1.76. The second-order valence-corrected chi connectivity index (χ2v) is 6.25. The first-order valence-electron chi connectivity index (χ1n) is 8.58. The average Bonchev–Trinajstić information content (AvgIpc) is 3.29. The third-order valence-electron chi connectivity index (χ3n) is 4.49. The molecule has 28 heavy (non-hydrogen) atoms.